The second kappa shape index (κ2) is 8.46. The predicted octanol–water partition coefficient (Wildman–Crippen LogP) is 2.81. The lowest BCUT2D eigenvalue weighted by Gasteiger charge is -2.14. The lowest BCUT2D eigenvalue weighted by molar-refractivity contribution is 0.0917. The molecule has 0 aliphatic carbocycles. The topological polar surface area (TPSA) is 74.9 Å². The second-order valence-corrected chi connectivity index (χ2v) is 7.06. The summed E-state index contributed by atoms with van der Waals surface area (Å²) in [4.78, 5) is 14.3. The number of carbonyl (C=O) groups excluding carboxylic acids is 1. The molecule has 1 amide bonds. The van der Waals surface area contributed by atoms with Crippen molar-refractivity contribution in [1.82, 2.24) is 10.2 Å². The Hall–Kier alpha value is -2.83. The zero-order chi connectivity index (χ0) is 19.3. The average molecular weight is 380 g/mol. The van der Waals surface area contributed by atoms with Crippen LogP contribution in [0, 0.1) is 0 Å². The third-order valence-corrected chi connectivity index (χ3v) is 4.95. The molecule has 3 aromatic rings. The van der Waals surface area contributed by atoms with Crippen LogP contribution < -0.4 is 10.1 Å². The molecule has 0 saturated carbocycles. The van der Waals surface area contributed by atoms with E-state index in [4.69, 9.17) is 9.15 Å². The number of rotatable bonds is 7. The minimum Gasteiger partial charge on any atom is -0.486 e. The van der Waals surface area contributed by atoms with Gasteiger partial charge in [-0.25, -0.2) is 0 Å². The number of likely N-dealkylation sites (tertiary alicyclic amines) is 1. The molecule has 6 heteroatoms. The number of benzene rings is 2. The summed E-state index contributed by atoms with van der Waals surface area (Å²) >= 11 is 0. The van der Waals surface area contributed by atoms with Gasteiger partial charge in [-0.15, -0.1) is 0 Å². The zero-order valence-electron chi connectivity index (χ0n) is 15.6. The van der Waals surface area contributed by atoms with Gasteiger partial charge < -0.3 is 19.6 Å². The van der Waals surface area contributed by atoms with Crippen LogP contribution >= 0.6 is 0 Å². The molecule has 1 fully saturated rings. The van der Waals surface area contributed by atoms with E-state index in [-0.39, 0.29) is 24.4 Å². The standard InChI is InChI=1S/C22H24N2O4/c25-18-9-11-24(14-18)12-10-23-22(26)21-8-7-20(28-21)15-27-19-6-5-16-3-1-2-4-17(16)13-19/h1-8,13,18,25H,9-12,14-15H2,(H,23,26)/t18-/m0/s1. The van der Waals surface area contributed by atoms with Crippen LogP contribution in [0.2, 0.25) is 0 Å². The maximum absolute atomic E-state index is 12.2. The maximum atomic E-state index is 12.2. The van der Waals surface area contributed by atoms with Crippen LogP contribution in [0.25, 0.3) is 10.8 Å². The van der Waals surface area contributed by atoms with Crippen molar-refractivity contribution in [2.75, 3.05) is 26.2 Å². The van der Waals surface area contributed by atoms with Gasteiger partial charge in [0.15, 0.2) is 5.76 Å². The Labute approximate surface area is 163 Å². The first-order valence-electron chi connectivity index (χ1n) is 9.56. The van der Waals surface area contributed by atoms with Gasteiger partial charge in [0, 0.05) is 26.2 Å². The second-order valence-electron chi connectivity index (χ2n) is 7.06. The molecule has 0 bridgehead atoms. The van der Waals surface area contributed by atoms with Crippen molar-refractivity contribution >= 4 is 16.7 Å². The predicted molar refractivity (Wildman–Crippen MR) is 106 cm³/mol. The van der Waals surface area contributed by atoms with Crippen molar-refractivity contribution in [3.05, 3.63) is 66.1 Å². The van der Waals surface area contributed by atoms with E-state index in [9.17, 15) is 9.90 Å². The van der Waals surface area contributed by atoms with Crippen molar-refractivity contribution in [3.63, 3.8) is 0 Å². The number of nitrogens with zero attached hydrogens (tertiary/aromatic N) is 1. The summed E-state index contributed by atoms with van der Waals surface area (Å²) in [5.41, 5.74) is 0. The molecule has 2 heterocycles. The Balaban J connectivity index is 1.26. The molecule has 1 saturated heterocycles. The fourth-order valence-corrected chi connectivity index (χ4v) is 3.42. The number of hydrogen-bond donors (Lipinski definition) is 2. The van der Waals surface area contributed by atoms with Gasteiger partial charge in [-0.1, -0.05) is 30.3 Å². The Morgan fingerprint density at radius 2 is 2.04 bits per heavy atom. The quantitative estimate of drug-likeness (QED) is 0.659. The van der Waals surface area contributed by atoms with Crippen molar-refractivity contribution in [3.8, 4) is 5.75 Å². The molecule has 146 valence electrons. The van der Waals surface area contributed by atoms with Gasteiger partial charge in [0.1, 0.15) is 18.1 Å². The van der Waals surface area contributed by atoms with Crippen LogP contribution in [0.5, 0.6) is 5.75 Å². The monoisotopic (exact) mass is 380 g/mol. The number of hydrogen-bond acceptors (Lipinski definition) is 5. The summed E-state index contributed by atoms with van der Waals surface area (Å²) in [5, 5.41) is 14.6. The van der Waals surface area contributed by atoms with Crippen LogP contribution in [0.3, 0.4) is 0 Å². The van der Waals surface area contributed by atoms with Gasteiger partial charge >= 0.3 is 0 Å². The smallest absolute Gasteiger partial charge is 0.287 e. The fourth-order valence-electron chi connectivity index (χ4n) is 3.42. The van der Waals surface area contributed by atoms with Crippen molar-refractivity contribution in [2.45, 2.75) is 19.1 Å². The maximum Gasteiger partial charge on any atom is 0.287 e. The summed E-state index contributed by atoms with van der Waals surface area (Å²) < 4.78 is 11.4. The normalized spacial score (nSPS) is 17.1. The minimum atomic E-state index is -0.245. The summed E-state index contributed by atoms with van der Waals surface area (Å²) in [5.74, 6) is 1.39. The molecule has 2 N–H and O–H groups in total. The Morgan fingerprint density at radius 3 is 2.86 bits per heavy atom. The Kier molecular flexibility index (Phi) is 5.60. The first-order valence-corrected chi connectivity index (χ1v) is 9.56. The Morgan fingerprint density at radius 1 is 1.18 bits per heavy atom. The number of β-amino-alcohol motifs (C(OH)–C–C–N with tert-alkyl or cyclic N) is 1. The molecular formula is C22H24N2O4. The van der Waals surface area contributed by atoms with Crippen LogP contribution in [-0.4, -0.2) is 48.2 Å². The molecule has 1 aliphatic heterocycles. The van der Waals surface area contributed by atoms with Gasteiger partial charge in [-0.2, -0.15) is 0 Å². The largest absolute Gasteiger partial charge is 0.486 e. The average Bonchev–Trinajstić information content (AvgIpc) is 3.35. The first-order chi connectivity index (χ1) is 13.7. The number of furan rings is 1. The Bertz CT molecular complexity index is 952. The third-order valence-electron chi connectivity index (χ3n) is 4.95. The van der Waals surface area contributed by atoms with E-state index in [2.05, 4.69) is 16.3 Å². The van der Waals surface area contributed by atoms with E-state index >= 15 is 0 Å². The number of ether oxygens (including phenoxy) is 1. The highest BCUT2D eigenvalue weighted by Gasteiger charge is 2.20. The van der Waals surface area contributed by atoms with E-state index in [1.54, 1.807) is 12.1 Å². The first kappa shape index (κ1) is 18.5. The van der Waals surface area contributed by atoms with E-state index in [1.807, 2.05) is 36.4 Å². The third kappa shape index (κ3) is 4.52. The number of aliphatic hydroxyl groups is 1. The molecule has 0 radical (unpaired) electrons. The van der Waals surface area contributed by atoms with Crippen molar-refractivity contribution < 1.29 is 19.1 Å². The summed E-state index contributed by atoms with van der Waals surface area (Å²) in [6.45, 7) is 3.05. The fraction of sp³-hybridized carbons (Fsp3) is 0.318. The highest BCUT2D eigenvalue weighted by Crippen LogP contribution is 2.21. The van der Waals surface area contributed by atoms with Crippen LogP contribution in [0.15, 0.2) is 59.0 Å². The number of carbonyl (C=O) groups is 1. The van der Waals surface area contributed by atoms with Gasteiger partial charge in [0.25, 0.3) is 5.91 Å². The molecule has 1 atom stereocenters. The zero-order valence-corrected chi connectivity index (χ0v) is 15.6. The minimum absolute atomic E-state index is 0.239. The van der Waals surface area contributed by atoms with Crippen LogP contribution in [0.1, 0.15) is 22.7 Å². The SMILES string of the molecule is O=C(NCCN1CC[C@H](O)C1)c1ccc(COc2ccc3ccccc3c2)o1. The molecule has 6 nitrogen and oxygen atoms in total. The summed E-state index contributed by atoms with van der Waals surface area (Å²) in [6, 6.07) is 17.5. The molecule has 4 rings (SSSR count). The molecule has 1 aliphatic rings. The van der Waals surface area contributed by atoms with Crippen LogP contribution in [0.4, 0.5) is 0 Å². The molecule has 0 spiro atoms. The molecular weight excluding hydrogens is 356 g/mol. The van der Waals surface area contributed by atoms with Gasteiger partial charge in [-0.3, -0.25) is 9.69 Å². The number of nitrogens with one attached hydrogen (secondary N) is 1. The van der Waals surface area contributed by atoms with Gasteiger partial charge in [-0.05, 0) is 41.5 Å². The number of fused-ring (bicyclic) bond motifs is 1. The van der Waals surface area contributed by atoms with E-state index in [0.29, 0.717) is 18.8 Å². The molecule has 28 heavy (non-hydrogen) atoms. The molecule has 0 unspecified atom stereocenters. The lowest BCUT2D eigenvalue weighted by atomic mass is 10.1. The van der Waals surface area contributed by atoms with Gasteiger partial charge in [0.05, 0.1) is 6.10 Å². The van der Waals surface area contributed by atoms with Gasteiger partial charge in [0.2, 0.25) is 0 Å². The number of aliphatic hydroxyl groups excluding tert-OH is 1. The summed E-state index contributed by atoms with van der Waals surface area (Å²) in [7, 11) is 0. The number of amides is 1. The lowest BCUT2D eigenvalue weighted by Crippen LogP contribution is -2.34. The van der Waals surface area contributed by atoms with E-state index in [0.717, 1.165) is 36.0 Å². The highest BCUT2D eigenvalue weighted by molar-refractivity contribution is 5.91. The highest BCUT2D eigenvalue weighted by atomic mass is 16.5. The van der Waals surface area contributed by atoms with E-state index in [1.165, 1.54) is 0 Å². The molecule has 2 aromatic carbocycles. The van der Waals surface area contributed by atoms with Crippen LogP contribution in [-0.2, 0) is 6.61 Å². The van der Waals surface area contributed by atoms with Crippen molar-refractivity contribution in [2.24, 2.45) is 0 Å². The van der Waals surface area contributed by atoms with E-state index < -0.39 is 0 Å². The summed E-state index contributed by atoms with van der Waals surface area (Å²) in [6.07, 6.45) is 0.554. The van der Waals surface area contributed by atoms with Crippen molar-refractivity contribution in [1.29, 1.82) is 0 Å². The molecule has 1 aromatic heterocycles.